The highest BCUT2D eigenvalue weighted by atomic mass is 16.7. The molecule has 0 N–H and O–H groups in total. The van der Waals surface area contributed by atoms with Gasteiger partial charge in [-0.1, -0.05) is 30.3 Å². The second-order valence-corrected chi connectivity index (χ2v) is 8.36. The Hall–Kier alpha value is -2.30. The molecule has 148 valence electrons. The van der Waals surface area contributed by atoms with Crippen LogP contribution < -0.4 is 9.47 Å². The number of rotatable bonds is 3. The van der Waals surface area contributed by atoms with Crippen molar-refractivity contribution < 1.29 is 18.9 Å². The van der Waals surface area contributed by atoms with Crippen LogP contribution in [0.25, 0.3) is 17.2 Å². The second-order valence-electron chi connectivity index (χ2n) is 8.36. The van der Waals surface area contributed by atoms with Crippen molar-refractivity contribution in [1.29, 1.82) is 0 Å². The standard InChI is InChI=1S/C24H28O4/c1-16-17(10-12-22-27-23(2,3)24(4,5)28-22)7-6-8-19(16)18-9-11-20-21(15-18)26-14-13-25-20/h6-12,15,22H,13-14H2,1-5H3/b12-10+. The molecule has 1 saturated heterocycles. The van der Waals surface area contributed by atoms with Crippen LogP contribution in [0.15, 0.2) is 42.5 Å². The van der Waals surface area contributed by atoms with Crippen LogP contribution in [-0.2, 0) is 9.47 Å². The first-order valence-corrected chi connectivity index (χ1v) is 9.80. The van der Waals surface area contributed by atoms with Crippen molar-refractivity contribution in [3.05, 3.63) is 53.6 Å². The Kier molecular flexibility index (Phi) is 4.72. The van der Waals surface area contributed by atoms with E-state index in [9.17, 15) is 0 Å². The summed E-state index contributed by atoms with van der Waals surface area (Å²) < 4.78 is 23.5. The van der Waals surface area contributed by atoms with Crippen LogP contribution in [0.2, 0.25) is 0 Å². The van der Waals surface area contributed by atoms with Gasteiger partial charge >= 0.3 is 0 Å². The Bertz CT molecular complexity index is 895. The Morgan fingerprint density at radius 1 is 0.893 bits per heavy atom. The maximum atomic E-state index is 6.06. The minimum Gasteiger partial charge on any atom is -0.486 e. The smallest absolute Gasteiger partial charge is 0.178 e. The maximum Gasteiger partial charge on any atom is 0.178 e. The number of benzene rings is 2. The van der Waals surface area contributed by atoms with Crippen LogP contribution in [0.3, 0.4) is 0 Å². The molecule has 4 nitrogen and oxygen atoms in total. The van der Waals surface area contributed by atoms with Crippen molar-refractivity contribution in [3.63, 3.8) is 0 Å². The summed E-state index contributed by atoms with van der Waals surface area (Å²) in [7, 11) is 0. The van der Waals surface area contributed by atoms with Crippen molar-refractivity contribution in [2.24, 2.45) is 0 Å². The molecule has 2 aliphatic heterocycles. The first kappa shape index (κ1) is 19.0. The van der Waals surface area contributed by atoms with E-state index in [1.165, 1.54) is 11.1 Å². The first-order valence-electron chi connectivity index (χ1n) is 9.80. The molecule has 2 aromatic carbocycles. The van der Waals surface area contributed by atoms with E-state index in [0.29, 0.717) is 13.2 Å². The average Bonchev–Trinajstić information content (AvgIpc) is 2.87. The normalized spacial score (nSPS) is 20.6. The summed E-state index contributed by atoms with van der Waals surface area (Å²) in [5.74, 6) is 1.62. The van der Waals surface area contributed by atoms with Crippen molar-refractivity contribution in [3.8, 4) is 22.6 Å². The zero-order valence-corrected chi connectivity index (χ0v) is 17.2. The molecule has 0 bridgehead atoms. The number of hydrogen-bond acceptors (Lipinski definition) is 4. The quantitative estimate of drug-likeness (QED) is 0.717. The molecular weight excluding hydrogens is 352 g/mol. The third kappa shape index (κ3) is 3.43. The van der Waals surface area contributed by atoms with Crippen LogP contribution in [0.4, 0.5) is 0 Å². The minimum absolute atomic E-state index is 0.329. The van der Waals surface area contributed by atoms with Gasteiger partial charge in [0.2, 0.25) is 0 Å². The average molecular weight is 380 g/mol. The van der Waals surface area contributed by atoms with E-state index >= 15 is 0 Å². The fourth-order valence-electron chi connectivity index (χ4n) is 3.51. The predicted molar refractivity (Wildman–Crippen MR) is 111 cm³/mol. The summed E-state index contributed by atoms with van der Waals surface area (Å²) >= 11 is 0. The SMILES string of the molecule is Cc1c(/C=C/C2OC(C)(C)C(C)(C)O2)cccc1-c1ccc2c(c1)OCCO2. The van der Waals surface area contributed by atoms with Gasteiger partial charge in [-0.2, -0.15) is 0 Å². The van der Waals surface area contributed by atoms with Crippen LogP contribution in [0.1, 0.15) is 38.8 Å². The van der Waals surface area contributed by atoms with E-state index in [-0.39, 0.29) is 17.5 Å². The molecule has 0 spiro atoms. The molecule has 0 radical (unpaired) electrons. The van der Waals surface area contributed by atoms with Gasteiger partial charge in [0.25, 0.3) is 0 Å². The Balaban J connectivity index is 1.59. The molecule has 0 saturated carbocycles. The third-order valence-corrected chi connectivity index (χ3v) is 5.93. The Morgan fingerprint density at radius 2 is 1.57 bits per heavy atom. The molecule has 4 heteroatoms. The highest BCUT2D eigenvalue weighted by Crippen LogP contribution is 2.39. The summed E-state index contributed by atoms with van der Waals surface area (Å²) in [5, 5.41) is 0. The molecule has 1 fully saturated rings. The Morgan fingerprint density at radius 3 is 2.29 bits per heavy atom. The van der Waals surface area contributed by atoms with Gasteiger partial charge in [0.1, 0.15) is 13.2 Å². The molecule has 28 heavy (non-hydrogen) atoms. The number of ether oxygens (including phenoxy) is 4. The summed E-state index contributed by atoms with van der Waals surface area (Å²) in [6.07, 6.45) is 3.73. The van der Waals surface area contributed by atoms with Gasteiger partial charge in [-0.15, -0.1) is 0 Å². The molecule has 2 aromatic rings. The zero-order valence-electron chi connectivity index (χ0n) is 17.2. The van der Waals surface area contributed by atoms with E-state index in [1.54, 1.807) is 0 Å². The van der Waals surface area contributed by atoms with Gasteiger partial charge in [-0.25, -0.2) is 0 Å². The van der Waals surface area contributed by atoms with E-state index in [0.717, 1.165) is 22.6 Å². The molecular formula is C24H28O4. The van der Waals surface area contributed by atoms with Crippen LogP contribution in [0, 0.1) is 6.92 Å². The minimum atomic E-state index is -0.345. The molecule has 0 aromatic heterocycles. The highest BCUT2D eigenvalue weighted by Gasteiger charge is 2.48. The summed E-state index contributed by atoms with van der Waals surface area (Å²) in [6, 6.07) is 12.4. The van der Waals surface area contributed by atoms with Crippen molar-refractivity contribution in [2.45, 2.75) is 52.1 Å². The third-order valence-electron chi connectivity index (χ3n) is 5.93. The van der Waals surface area contributed by atoms with E-state index in [4.69, 9.17) is 18.9 Å². The van der Waals surface area contributed by atoms with Crippen molar-refractivity contribution >= 4 is 6.08 Å². The van der Waals surface area contributed by atoms with Gasteiger partial charge in [0.15, 0.2) is 17.8 Å². The maximum absolute atomic E-state index is 6.06. The van der Waals surface area contributed by atoms with Gasteiger partial charge in [0.05, 0.1) is 11.2 Å². The van der Waals surface area contributed by atoms with Crippen molar-refractivity contribution in [1.82, 2.24) is 0 Å². The second kappa shape index (κ2) is 6.94. The van der Waals surface area contributed by atoms with Crippen LogP contribution >= 0.6 is 0 Å². The molecule has 0 amide bonds. The summed E-state index contributed by atoms with van der Waals surface area (Å²) in [5.41, 5.74) is 3.98. The zero-order chi connectivity index (χ0) is 19.9. The fraction of sp³-hybridized carbons (Fsp3) is 0.417. The Labute approximate surface area is 167 Å². The highest BCUT2D eigenvalue weighted by molar-refractivity contribution is 5.74. The van der Waals surface area contributed by atoms with E-state index < -0.39 is 0 Å². The van der Waals surface area contributed by atoms with Gasteiger partial charge in [0, 0.05) is 0 Å². The van der Waals surface area contributed by atoms with Crippen LogP contribution in [-0.4, -0.2) is 30.7 Å². The van der Waals surface area contributed by atoms with Gasteiger partial charge in [-0.3, -0.25) is 0 Å². The number of hydrogen-bond donors (Lipinski definition) is 0. The molecule has 0 unspecified atom stereocenters. The number of fused-ring (bicyclic) bond motifs is 1. The van der Waals surface area contributed by atoms with E-state index in [2.05, 4.69) is 71.0 Å². The molecule has 4 rings (SSSR count). The van der Waals surface area contributed by atoms with Gasteiger partial charge in [-0.05, 0) is 75.1 Å². The fourth-order valence-corrected chi connectivity index (χ4v) is 3.51. The molecule has 0 atom stereocenters. The molecule has 2 heterocycles. The summed E-state index contributed by atoms with van der Waals surface area (Å²) in [4.78, 5) is 0. The largest absolute Gasteiger partial charge is 0.486 e. The summed E-state index contributed by atoms with van der Waals surface area (Å²) in [6.45, 7) is 11.6. The lowest BCUT2D eigenvalue weighted by atomic mass is 9.90. The van der Waals surface area contributed by atoms with Crippen LogP contribution in [0.5, 0.6) is 11.5 Å². The van der Waals surface area contributed by atoms with Crippen molar-refractivity contribution in [2.75, 3.05) is 13.2 Å². The van der Waals surface area contributed by atoms with E-state index in [1.807, 2.05) is 12.1 Å². The van der Waals surface area contributed by atoms with Gasteiger partial charge < -0.3 is 18.9 Å². The first-order chi connectivity index (χ1) is 13.3. The lowest BCUT2D eigenvalue weighted by Crippen LogP contribution is -2.41. The molecule has 2 aliphatic rings. The monoisotopic (exact) mass is 380 g/mol. The predicted octanol–water partition coefficient (Wildman–Crippen LogP) is 5.38. The topological polar surface area (TPSA) is 36.9 Å². The molecule has 0 aliphatic carbocycles. The lowest BCUT2D eigenvalue weighted by molar-refractivity contribution is -0.0499. The lowest BCUT2D eigenvalue weighted by Gasteiger charge is -2.30.